The molecule has 0 aliphatic carbocycles. The van der Waals surface area contributed by atoms with Gasteiger partial charge in [-0.1, -0.05) is 6.07 Å². The molecule has 2 nitrogen and oxygen atoms in total. The highest BCUT2D eigenvalue weighted by Gasteiger charge is 2.02. The summed E-state index contributed by atoms with van der Waals surface area (Å²) >= 11 is 0. The number of nitrogens with zero attached hydrogens (tertiary/aromatic N) is 1. The smallest absolute Gasteiger partial charge is 0.216 e. The number of pyridine rings is 1. The molecule has 1 aromatic rings. The first-order valence-corrected chi connectivity index (χ1v) is 4.05. The fraction of sp³-hybridized carbons (Fsp3) is 0.444. The van der Waals surface area contributed by atoms with Gasteiger partial charge >= 0.3 is 0 Å². The first-order valence-electron chi connectivity index (χ1n) is 4.05. The number of aromatic nitrogens is 1. The highest BCUT2D eigenvalue weighted by molar-refractivity contribution is 5.10. The zero-order valence-electron chi connectivity index (χ0n) is 7.13. The van der Waals surface area contributed by atoms with Gasteiger partial charge in [-0.3, -0.25) is 0 Å². The molecule has 1 aromatic heterocycles. The van der Waals surface area contributed by atoms with Crippen molar-refractivity contribution in [3.8, 4) is 0 Å². The average Bonchev–Trinajstić information content (AvgIpc) is 2.03. The molecule has 0 fully saturated rings. The fourth-order valence-electron chi connectivity index (χ4n) is 0.989. The predicted octanol–water partition coefficient (Wildman–Crippen LogP) is 1.50. The van der Waals surface area contributed by atoms with Gasteiger partial charge in [-0.25, -0.2) is 4.98 Å². The number of hydrogen-bond acceptors (Lipinski definition) is 2. The number of aryl methyl sites for hydroxylation is 1. The minimum atomic E-state index is -0.377. The maximum absolute atomic E-state index is 12.9. The average molecular weight is 168 g/mol. The number of rotatable bonds is 3. The predicted molar refractivity (Wildman–Crippen MR) is 46.2 cm³/mol. The second kappa shape index (κ2) is 4.16. The molecule has 0 aliphatic heterocycles. The molecule has 1 rings (SSSR count). The van der Waals surface area contributed by atoms with Gasteiger partial charge in [-0.05, 0) is 25.8 Å². The fourth-order valence-corrected chi connectivity index (χ4v) is 0.989. The highest BCUT2D eigenvalue weighted by atomic mass is 19.1. The van der Waals surface area contributed by atoms with Crippen molar-refractivity contribution in [2.75, 3.05) is 0 Å². The molecule has 0 saturated heterocycles. The monoisotopic (exact) mass is 168 g/mol. The van der Waals surface area contributed by atoms with Gasteiger partial charge in [0.05, 0.1) is 0 Å². The van der Waals surface area contributed by atoms with Crippen LogP contribution in [0.1, 0.15) is 18.9 Å². The molecule has 0 aliphatic rings. The van der Waals surface area contributed by atoms with Crippen molar-refractivity contribution in [3.63, 3.8) is 0 Å². The largest absolute Gasteiger partial charge is 0.328 e. The van der Waals surface area contributed by atoms with E-state index in [9.17, 15) is 4.39 Å². The van der Waals surface area contributed by atoms with E-state index in [0.29, 0.717) is 12.0 Å². The van der Waals surface area contributed by atoms with Crippen LogP contribution in [0.25, 0.3) is 0 Å². The van der Waals surface area contributed by atoms with Crippen LogP contribution in [-0.2, 0) is 6.42 Å². The second-order valence-electron chi connectivity index (χ2n) is 2.97. The van der Waals surface area contributed by atoms with Crippen molar-refractivity contribution in [1.82, 2.24) is 4.98 Å². The van der Waals surface area contributed by atoms with Crippen molar-refractivity contribution in [2.24, 2.45) is 5.73 Å². The van der Waals surface area contributed by atoms with Crippen LogP contribution >= 0.6 is 0 Å². The van der Waals surface area contributed by atoms with Crippen LogP contribution < -0.4 is 5.73 Å². The summed E-state index contributed by atoms with van der Waals surface area (Å²) in [5.41, 5.74) is 6.20. The molecule has 12 heavy (non-hydrogen) atoms. The number of nitrogens with two attached hydrogens (primary N) is 1. The quantitative estimate of drug-likeness (QED) is 0.695. The van der Waals surface area contributed by atoms with Gasteiger partial charge in [-0.2, -0.15) is 4.39 Å². The minimum absolute atomic E-state index is 0.115. The zero-order chi connectivity index (χ0) is 8.97. The Kier molecular flexibility index (Phi) is 3.17. The number of hydrogen-bond donors (Lipinski definition) is 1. The van der Waals surface area contributed by atoms with Crippen molar-refractivity contribution in [2.45, 2.75) is 25.8 Å². The van der Waals surface area contributed by atoms with Crippen LogP contribution in [0, 0.1) is 5.95 Å². The first-order chi connectivity index (χ1) is 5.70. The Hall–Kier alpha value is -0.960. The van der Waals surface area contributed by atoms with Gasteiger partial charge in [0.1, 0.15) is 0 Å². The first kappa shape index (κ1) is 9.13. The zero-order valence-corrected chi connectivity index (χ0v) is 7.13. The van der Waals surface area contributed by atoms with Gasteiger partial charge in [0.15, 0.2) is 0 Å². The molecule has 1 atom stereocenters. The molecular weight excluding hydrogens is 155 g/mol. The summed E-state index contributed by atoms with van der Waals surface area (Å²) in [6, 6.07) is 3.59. The van der Waals surface area contributed by atoms with Gasteiger partial charge in [-0.15, -0.1) is 0 Å². The summed E-state index contributed by atoms with van der Waals surface area (Å²) in [6.07, 6.45) is 2.91. The lowest BCUT2D eigenvalue weighted by Gasteiger charge is -2.04. The molecule has 3 heteroatoms. The normalized spacial score (nSPS) is 12.9. The Labute approximate surface area is 71.6 Å². The lowest BCUT2D eigenvalue weighted by atomic mass is 10.1. The van der Waals surface area contributed by atoms with Crippen LogP contribution in [0.5, 0.6) is 0 Å². The van der Waals surface area contributed by atoms with Gasteiger partial charge in [0, 0.05) is 17.8 Å². The van der Waals surface area contributed by atoms with Crippen LogP contribution in [0.3, 0.4) is 0 Å². The molecule has 66 valence electrons. The van der Waals surface area contributed by atoms with E-state index in [1.807, 2.05) is 6.92 Å². The van der Waals surface area contributed by atoms with E-state index in [0.717, 1.165) is 6.42 Å². The molecule has 1 heterocycles. The molecule has 0 aromatic carbocycles. The van der Waals surface area contributed by atoms with E-state index >= 15 is 0 Å². The van der Waals surface area contributed by atoms with E-state index < -0.39 is 0 Å². The summed E-state index contributed by atoms with van der Waals surface area (Å²) in [6.45, 7) is 1.91. The second-order valence-corrected chi connectivity index (χ2v) is 2.97. The summed E-state index contributed by atoms with van der Waals surface area (Å²) in [4.78, 5) is 3.55. The summed E-state index contributed by atoms with van der Waals surface area (Å²) in [5, 5.41) is 0. The van der Waals surface area contributed by atoms with E-state index in [4.69, 9.17) is 5.73 Å². The Morgan fingerprint density at radius 1 is 1.67 bits per heavy atom. The molecule has 0 amide bonds. The Balaban J connectivity index is 2.57. The molecule has 0 spiro atoms. The lowest BCUT2D eigenvalue weighted by Crippen LogP contribution is -2.15. The SMILES string of the molecule is CC(N)CCc1cccnc1F. The molecule has 0 bridgehead atoms. The van der Waals surface area contributed by atoms with Gasteiger partial charge < -0.3 is 5.73 Å². The summed E-state index contributed by atoms with van der Waals surface area (Å²) < 4.78 is 12.9. The number of halogens is 1. The van der Waals surface area contributed by atoms with E-state index in [1.54, 1.807) is 12.1 Å². The minimum Gasteiger partial charge on any atom is -0.328 e. The van der Waals surface area contributed by atoms with Crippen LogP contribution in [-0.4, -0.2) is 11.0 Å². The van der Waals surface area contributed by atoms with Gasteiger partial charge in [0.2, 0.25) is 5.95 Å². The van der Waals surface area contributed by atoms with Gasteiger partial charge in [0.25, 0.3) is 0 Å². The molecule has 0 radical (unpaired) electrons. The third-order valence-electron chi connectivity index (χ3n) is 1.71. The third kappa shape index (κ3) is 2.58. The Bertz CT molecular complexity index is 248. The Morgan fingerprint density at radius 3 is 3.00 bits per heavy atom. The Morgan fingerprint density at radius 2 is 2.42 bits per heavy atom. The maximum atomic E-state index is 12.9. The van der Waals surface area contributed by atoms with Crippen molar-refractivity contribution < 1.29 is 4.39 Å². The highest BCUT2D eigenvalue weighted by Crippen LogP contribution is 2.06. The summed E-state index contributed by atoms with van der Waals surface area (Å²) in [7, 11) is 0. The third-order valence-corrected chi connectivity index (χ3v) is 1.71. The molecule has 1 unspecified atom stereocenters. The topological polar surface area (TPSA) is 38.9 Å². The molecule has 0 saturated carbocycles. The lowest BCUT2D eigenvalue weighted by molar-refractivity contribution is 0.554. The van der Waals surface area contributed by atoms with Crippen molar-refractivity contribution in [3.05, 3.63) is 29.8 Å². The van der Waals surface area contributed by atoms with Crippen LogP contribution in [0.2, 0.25) is 0 Å². The summed E-state index contributed by atoms with van der Waals surface area (Å²) in [5.74, 6) is -0.377. The van der Waals surface area contributed by atoms with E-state index in [2.05, 4.69) is 4.98 Å². The molecular formula is C9H13FN2. The van der Waals surface area contributed by atoms with Crippen LogP contribution in [0.4, 0.5) is 4.39 Å². The van der Waals surface area contributed by atoms with Crippen molar-refractivity contribution >= 4 is 0 Å². The molecule has 2 N–H and O–H groups in total. The van der Waals surface area contributed by atoms with E-state index in [-0.39, 0.29) is 12.0 Å². The maximum Gasteiger partial charge on any atom is 0.216 e. The van der Waals surface area contributed by atoms with Crippen LogP contribution in [0.15, 0.2) is 18.3 Å². The standard InChI is InChI=1S/C9H13FN2/c1-7(11)4-5-8-3-2-6-12-9(8)10/h2-3,6-7H,4-5,11H2,1H3. The van der Waals surface area contributed by atoms with Crippen molar-refractivity contribution in [1.29, 1.82) is 0 Å². The van der Waals surface area contributed by atoms with E-state index in [1.165, 1.54) is 6.20 Å².